The molecule has 3 aromatic rings. The van der Waals surface area contributed by atoms with Gasteiger partial charge < -0.3 is 13.8 Å². The Hall–Kier alpha value is -2.62. The maximum atomic E-state index is 12.9. The highest BCUT2D eigenvalue weighted by Crippen LogP contribution is 2.30. The maximum Gasteiger partial charge on any atom is 0.289 e. The highest BCUT2D eigenvalue weighted by Gasteiger charge is 2.34. The van der Waals surface area contributed by atoms with Crippen LogP contribution in [0.25, 0.3) is 11.3 Å². The Balaban J connectivity index is 1.46. The fourth-order valence-corrected chi connectivity index (χ4v) is 5.46. The topological polar surface area (TPSA) is 96.9 Å². The van der Waals surface area contributed by atoms with E-state index in [2.05, 4.69) is 5.16 Å². The quantitative estimate of drug-likeness (QED) is 0.606. The van der Waals surface area contributed by atoms with Crippen LogP contribution in [0.2, 0.25) is 5.02 Å². The number of hydrogen-bond acceptors (Lipinski definition) is 6. The summed E-state index contributed by atoms with van der Waals surface area (Å²) in [5.41, 5.74) is 1.03. The van der Waals surface area contributed by atoms with E-state index in [1.165, 1.54) is 4.31 Å². The molecule has 30 heavy (non-hydrogen) atoms. The van der Waals surface area contributed by atoms with Gasteiger partial charge in [-0.1, -0.05) is 28.9 Å². The molecule has 1 aromatic carbocycles. The highest BCUT2D eigenvalue weighted by molar-refractivity contribution is 7.89. The lowest BCUT2D eigenvalue weighted by atomic mass is 10.2. The van der Waals surface area contributed by atoms with Crippen LogP contribution in [0.4, 0.5) is 0 Å². The van der Waals surface area contributed by atoms with Crippen molar-refractivity contribution in [2.24, 2.45) is 0 Å². The molecule has 8 nitrogen and oxygen atoms in total. The summed E-state index contributed by atoms with van der Waals surface area (Å²) in [4.78, 5) is 14.5. The number of halogens is 1. The average Bonchev–Trinajstić information content (AvgIpc) is 3.35. The molecule has 0 atom stereocenters. The zero-order chi connectivity index (χ0) is 21.5. The van der Waals surface area contributed by atoms with Crippen molar-refractivity contribution < 1.29 is 22.2 Å². The second-order valence-electron chi connectivity index (χ2n) is 6.99. The Bertz CT molecular complexity index is 1170. The van der Waals surface area contributed by atoms with Gasteiger partial charge in [0, 0.05) is 31.7 Å². The second kappa shape index (κ2) is 7.90. The Morgan fingerprint density at radius 2 is 1.77 bits per heavy atom. The van der Waals surface area contributed by atoms with Crippen molar-refractivity contribution in [2.75, 3.05) is 26.2 Å². The third-order valence-corrected chi connectivity index (χ3v) is 7.52. The highest BCUT2D eigenvalue weighted by atomic mass is 35.5. The molecule has 0 bridgehead atoms. The number of carbonyl (C=O) groups excluding carboxylic acids is 1. The molecule has 2 aromatic heterocycles. The van der Waals surface area contributed by atoms with Crippen molar-refractivity contribution in [3.8, 4) is 11.3 Å². The molecule has 10 heteroatoms. The van der Waals surface area contributed by atoms with Crippen molar-refractivity contribution in [1.82, 2.24) is 14.4 Å². The van der Waals surface area contributed by atoms with Crippen LogP contribution in [0.1, 0.15) is 22.0 Å². The molecular formula is C20H20ClN3O5S. The first kappa shape index (κ1) is 20.6. The predicted octanol–water partition coefficient (Wildman–Crippen LogP) is 3.35. The molecule has 158 valence electrons. The fraction of sp³-hybridized carbons (Fsp3) is 0.300. The average molecular weight is 450 g/mol. The monoisotopic (exact) mass is 449 g/mol. The van der Waals surface area contributed by atoms with E-state index >= 15 is 0 Å². The summed E-state index contributed by atoms with van der Waals surface area (Å²) >= 11 is 6.19. The Morgan fingerprint density at radius 3 is 2.40 bits per heavy atom. The minimum absolute atomic E-state index is 0.0951. The van der Waals surface area contributed by atoms with E-state index in [1.807, 2.05) is 18.2 Å². The SMILES string of the molecule is Cc1noc(C)c1S(=O)(=O)N1CCN(C(=O)c2ccc(-c3ccccc3Cl)o2)CC1. The van der Waals surface area contributed by atoms with Crippen molar-refractivity contribution >= 4 is 27.5 Å². The summed E-state index contributed by atoms with van der Waals surface area (Å²) < 4.78 is 37.9. The smallest absolute Gasteiger partial charge is 0.289 e. The van der Waals surface area contributed by atoms with E-state index in [4.69, 9.17) is 20.5 Å². The lowest BCUT2D eigenvalue weighted by molar-refractivity contribution is 0.0667. The molecule has 0 saturated carbocycles. The third kappa shape index (κ3) is 3.64. The molecule has 0 N–H and O–H groups in total. The summed E-state index contributed by atoms with van der Waals surface area (Å²) in [5.74, 6) is 0.659. The molecule has 0 aliphatic carbocycles. The summed E-state index contributed by atoms with van der Waals surface area (Å²) in [7, 11) is -3.73. The van der Waals surface area contributed by atoms with Crippen LogP contribution in [-0.2, 0) is 10.0 Å². The van der Waals surface area contributed by atoms with Crippen LogP contribution in [-0.4, -0.2) is 54.9 Å². The zero-order valence-electron chi connectivity index (χ0n) is 16.5. The molecule has 4 rings (SSSR count). The number of furan rings is 1. The van der Waals surface area contributed by atoms with Crippen molar-refractivity contribution in [3.63, 3.8) is 0 Å². The number of aryl methyl sites for hydroxylation is 2. The van der Waals surface area contributed by atoms with E-state index in [0.717, 1.165) is 0 Å². The lowest BCUT2D eigenvalue weighted by Gasteiger charge is -2.33. The molecule has 3 heterocycles. The van der Waals surface area contributed by atoms with Crippen molar-refractivity contribution in [2.45, 2.75) is 18.7 Å². The number of nitrogens with zero attached hydrogens (tertiary/aromatic N) is 3. The summed E-state index contributed by atoms with van der Waals surface area (Å²) in [5, 5.41) is 4.26. The van der Waals surface area contributed by atoms with E-state index in [1.54, 1.807) is 36.9 Å². The standard InChI is InChI=1S/C20H20ClN3O5S/c1-13-19(14(2)29-22-13)30(26,27)24-11-9-23(10-12-24)20(25)18-8-7-17(28-18)15-5-3-4-6-16(15)21/h3-8H,9-12H2,1-2H3. The van der Waals surface area contributed by atoms with Crippen LogP contribution >= 0.6 is 11.6 Å². The predicted molar refractivity (Wildman–Crippen MR) is 110 cm³/mol. The Morgan fingerprint density at radius 1 is 1.07 bits per heavy atom. The third-order valence-electron chi connectivity index (χ3n) is 5.05. The van der Waals surface area contributed by atoms with Crippen LogP contribution < -0.4 is 0 Å². The first-order valence-electron chi connectivity index (χ1n) is 9.36. The van der Waals surface area contributed by atoms with Gasteiger partial charge in [0.15, 0.2) is 11.5 Å². The van der Waals surface area contributed by atoms with Gasteiger partial charge in [-0.3, -0.25) is 4.79 Å². The van der Waals surface area contributed by atoms with Crippen LogP contribution in [0, 0.1) is 13.8 Å². The minimum atomic E-state index is -3.73. The Labute approximate surface area is 179 Å². The Kier molecular flexibility index (Phi) is 5.44. The van der Waals surface area contributed by atoms with Gasteiger partial charge in [0.25, 0.3) is 5.91 Å². The molecule has 1 fully saturated rings. The van der Waals surface area contributed by atoms with Gasteiger partial charge in [-0.2, -0.15) is 4.31 Å². The molecule has 0 unspecified atom stereocenters. The van der Waals surface area contributed by atoms with Gasteiger partial charge in [0.1, 0.15) is 16.3 Å². The largest absolute Gasteiger partial charge is 0.451 e. The number of aromatic nitrogens is 1. The minimum Gasteiger partial charge on any atom is -0.451 e. The van der Waals surface area contributed by atoms with Gasteiger partial charge >= 0.3 is 0 Å². The number of sulfonamides is 1. The fourth-order valence-electron chi connectivity index (χ4n) is 3.52. The van der Waals surface area contributed by atoms with Crippen LogP contribution in [0.3, 0.4) is 0 Å². The van der Waals surface area contributed by atoms with Gasteiger partial charge in [0.05, 0.1) is 5.02 Å². The normalized spacial score (nSPS) is 15.5. The van der Waals surface area contributed by atoms with Crippen molar-refractivity contribution in [3.05, 3.63) is 58.6 Å². The van der Waals surface area contributed by atoms with Gasteiger partial charge in [-0.25, -0.2) is 8.42 Å². The molecule has 1 aliphatic heterocycles. The second-order valence-corrected chi connectivity index (χ2v) is 9.28. The van der Waals surface area contributed by atoms with Crippen LogP contribution in [0.5, 0.6) is 0 Å². The number of amides is 1. The lowest BCUT2D eigenvalue weighted by Crippen LogP contribution is -2.50. The van der Waals surface area contributed by atoms with Crippen molar-refractivity contribution in [1.29, 1.82) is 0 Å². The van der Waals surface area contributed by atoms with E-state index in [-0.39, 0.29) is 48.5 Å². The molecule has 0 radical (unpaired) electrons. The van der Waals surface area contributed by atoms with Gasteiger partial charge in [-0.15, -0.1) is 0 Å². The first-order valence-corrected chi connectivity index (χ1v) is 11.2. The molecular weight excluding hydrogens is 430 g/mol. The summed E-state index contributed by atoms with van der Waals surface area (Å²) in [6.45, 7) is 4.02. The van der Waals surface area contributed by atoms with E-state index in [0.29, 0.717) is 22.0 Å². The van der Waals surface area contributed by atoms with E-state index in [9.17, 15) is 13.2 Å². The van der Waals surface area contributed by atoms with Gasteiger partial charge in [0.2, 0.25) is 10.0 Å². The summed E-state index contributed by atoms with van der Waals surface area (Å²) in [6.07, 6.45) is 0. The van der Waals surface area contributed by atoms with Crippen LogP contribution in [0.15, 0.2) is 50.2 Å². The van der Waals surface area contributed by atoms with E-state index < -0.39 is 10.0 Å². The molecule has 1 saturated heterocycles. The molecule has 1 amide bonds. The van der Waals surface area contributed by atoms with Gasteiger partial charge in [-0.05, 0) is 38.1 Å². The first-order chi connectivity index (χ1) is 14.3. The number of carbonyl (C=O) groups is 1. The maximum absolute atomic E-state index is 12.9. The molecule has 1 aliphatic rings. The number of benzene rings is 1. The number of hydrogen-bond donors (Lipinski definition) is 0. The zero-order valence-corrected chi connectivity index (χ0v) is 18.0. The number of rotatable bonds is 4. The summed E-state index contributed by atoms with van der Waals surface area (Å²) in [6, 6.07) is 10.5. The number of piperazine rings is 1. The molecule has 0 spiro atoms.